The summed E-state index contributed by atoms with van der Waals surface area (Å²) >= 11 is 0. The molecule has 2 atom stereocenters. The van der Waals surface area contributed by atoms with Crippen molar-refractivity contribution in [1.29, 1.82) is 0 Å². The van der Waals surface area contributed by atoms with Gasteiger partial charge in [-0.05, 0) is 27.2 Å². The summed E-state index contributed by atoms with van der Waals surface area (Å²) in [5, 5.41) is 0. The molecule has 1 aliphatic rings. The Balaban J connectivity index is 2.58. The van der Waals surface area contributed by atoms with Crippen LogP contribution in [-0.4, -0.2) is 48.8 Å². The fourth-order valence-corrected chi connectivity index (χ4v) is 2.06. The number of rotatable bonds is 2. The Morgan fingerprint density at radius 1 is 1.37 bits per heavy atom. The first kappa shape index (κ1) is 15.8. The summed E-state index contributed by atoms with van der Waals surface area (Å²) in [5.74, 6) is -0.375. The van der Waals surface area contributed by atoms with Gasteiger partial charge in [-0.15, -0.1) is 0 Å². The molecule has 0 aromatic carbocycles. The number of piperidine rings is 1. The Hall–Kier alpha value is -1.30. The lowest BCUT2D eigenvalue weighted by Crippen LogP contribution is -2.50. The number of methoxy groups -OCH3 is 1. The smallest absolute Gasteiger partial charge is 0.410 e. The topological polar surface area (TPSA) is 81.9 Å². The van der Waals surface area contributed by atoms with Crippen LogP contribution in [0.15, 0.2) is 0 Å². The van der Waals surface area contributed by atoms with E-state index in [1.165, 1.54) is 7.11 Å². The predicted molar refractivity (Wildman–Crippen MR) is 70.5 cm³/mol. The molecule has 0 spiro atoms. The van der Waals surface area contributed by atoms with Gasteiger partial charge < -0.3 is 20.1 Å². The Labute approximate surface area is 114 Å². The number of nitrogens with zero attached hydrogens (tertiary/aromatic N) is 1. The van der Waals surface area contributed by atoms with Gasteiger partial charge in [-0.1, -0.05) is 0 Å². The van der Waals surface area contributed by atoms with E-state index in [0.717, 1.165) is 0 Å². The van der Waals surface area contributed by atoms with E-state index in [9.17, 15) is 9.59 Å². The molecule has 0 unspecified atom stereocenters. The minimum absolute atomic E-state index is 0.0753. The van der Waals surface area contributed by atoms with Crippen LogP contribution in [0.4, 0.5) is 4.79 Å². The molecule has 6 nitrogen and oxygen atoms in total. The van der Waals surface area contributed by atoms with E-state index in [-0.39, 0.29) is 30.4 Å². The molecule has 2 N–H and O–H groups in total. The van der Waals surface area contributed by atoms with Crippen LogP contribution in [0.2, 0.25) is 0 Å². The molecule has 0 bridgehead atoms. The zero-order valence-electron chi connectivity index (χ0n) is 12.1. The number of hydrogen-bond donors (Lipinski definition) is 1. The molecule has 110 valence electrons. The maximum Gasteiger partial charge on any atom is 0.410 e. The van der Waals surface area contributed by atoms with Crippen molar-refractivity contribution in [3.8, 4) is 0 Å². The molecule has 0 aliphatic carbocycles. The second kappa shape index (κ2) is 6.23. The van der Waals surface area contributed by atoms with Gasteiger partial charge in [-0.25, -0.2) is 4.79 Å². The van der Waals surface area contributed by atoms with Gasteiger partial charge in [0.05, 0.1) is 13.5 Å². The molecule has 1 heterocycles. The highest BCUT2D eigenvalue weighted by Crippen LogP contribution is 2.21. The normalized spacial score (nSPS) is 23.9. The van der Waals surface area contributed by atoms with E-state index in [1.807, 2.05) is 20.8 Å². The highest BCUT2D eigenvalue weighted by molar-refractivity contribution is 5.70. The van der Waals surface area contributed by atoms with Crippen molar-refractivity contribution >= 4 is 12.1 Å². The fraction of sp³-hybridized carbons (Fsp3) is 0.846. The fourth-order valence-electron chi connectivity index (χ4n) is 2.06. The van der Waals surface area contributed by atoms with Gasteiger partial charge in [-0.3, -0.25) is 4.79 Å². The second-order valence-corrected chi connectivity index (χ2v) is 5.92. The largest absolute Gasteiger partial charge is 0.469 e. The number of esters is 1. The predicted octanol–water partition coefficient (Wildman–Crippen LogP) is 1.13. The van der Waals surface area contributed by atoms with E-state index >= 15 is 0 Å². The van der Waals surface area contributed by atoms with Gasteiger partial charge in [0.2, 0.25) is 0 Å². The minimum atomic E-state index is -0.519. The zero-order valence-corrected chi connectivity index (χ0v) is 12.1. The summed E-state index contributed by atoms with van der Waals surface area (Å²) in [6.45, 7) is 6.48. The molecule has 1 fully saturated rings. The van der Waals surface area contributed by atoms with Crippen LogP contribution in [-0.2, 0) is 14.3 Å². The van der Waals surface area contributed by atoms with Gasteiger partial charge in [-0.2, -0.15) is 0 Å². The lowest BCUT2D eigenvalue weighted by atomic mass is 9.90. The number of hydrogen-bond acceptors (Lipinski definition) is 5. The summed E-state index contributed by atoms with van der Waals surface area (Å²) in [5.41, 5.74) is 5.47. The number of amides is 1. The van der Waals surface area contributed by atoms with Crippen molar-refractivity contribution in [3.63, 3.8) is 0 Å². The Morgan fingerprint density at radius 2 is 2.00 bits per heavy atom. The molecule has 0 aromatic rings. The molecule has 1 saturated heterocycles. The Morgan fingerprint density at radius 3 is 2.53 bits per heavy atom. The molecule has 1 rings (SSSR count). The van der Waals surface area contributed by atoms with Crippen LogP contribution in [0.1, 0.15) is 33.6 Å². The van der Waals surface area contributed by atoms with Crippen LogP contribution in [0, 0.1) is 5.92 Å². The maximum atomic E-state index is 12.0. The second-order valence-electron chi connectivity index (χ2n) is 5.92. The highest BCUT2D eigenvalue weighted by Gasteiger charge is 2.33. The average Bonchev–Trinajstić information content (AvgIpc) is 2.29. The Bertz CT molecular complexity index is 338. The van der Waals surface area contributed by atoms with Gasteiger partial charge in [0.25, 0.3) is 0 Å². The minimum Gasteiger partial charge on any atom is -0.469 e. The molecular weight excluding hydrogens is 248 g/mol. The quantitative estimate of drug-likeness (QED) is 0.762. The Kier molecular flexibility index (Phi) is 5.17. The van der Waals surface area contributed by atoms with Crippen molar-refractivity contribution in [2.75, 3.05) is 20.2 Å². The highest BCUT2D eigenvalue weighted by atomic mass is 16.6. The third-order valence-electron chi connectivity index (χ3n) is 3.10. The van der Waals surface area contributed by atoms with Crippen molar-refractivity contribution in [2.45, 2.75) is 45.3 Å². The third kappa shape index (κ3) is 5.06. The summed E-state index contributed by atoms with van der Waals surface area (Å²) in [6.07, 6.45) is 0.548. The molecule has 0 aromatic heterocycles. The van der Waals surface area contributed by atoms with Crippen LogP contribution in [0.5, 0.6) is 0 Å². The molecule has 0 radical (unpaired) electrons. The summed E-state index contributed by atoms with van der Waals surface area (Å²) in [4.78, 5) is 24.9. The first-order chi connectivity index (χ1) is 8.73. The molecule has 6 heteroatoms. The SMILES string of the molecule is COC(=O)C[C@@H]1CN(C(=O)OC(C)(C)C)CC[C@@H]1N. The van der Waals surface area contributed by atoms with Crippen LogP contribution in [0.25, 0.3) is 0 Å². The molecule has 1 aliphatic heterocycles. The molecular formula is C13H24N2O4. The van der Waals surface area contributed by atoms with Gasteiger partial charge in [0.1, 0.15) is 5.60 Å². The van der Waals surface area contributed by atoms with E-state index in [0.29, 0.717) is 19.5 Å². The zero-order chi connectivity index (χ0) is 14.6. The summed E-state index contributed by atoms with van der Waals surface area (Å²) in [7, 11) is 1.35. The monoisotopic (exact) mass is 272 g/mol. The number of nitrogens with two attached hydrogens (primary N) is 1. The average molecular weight is 272 g/mol. The van der Waals surface area contributed by atoms with Crippen molar-refractivity contribution < 1.29 is 19.1 Å². The maximum absolute atomic E-state index is 12.0. The molecule has 0 saturated carbocycles. The van der Waals surface area contributed by atoms with E-state index in [2.05, 4.69) is 4.74 Å². The van der Waals surface area contributed by atoms with E-state index in [1.54, 1.807) is 4.90 Å². The van der Waals surface area contributed by atoms with Gasteiger partial charge >= 0.3 is 12.1 Å². The summed E-state index contributed by atoms with van der Waals surface area (Å²) < 4.78 is 9.97. The van der Waals surface area contributed by atoms with Crippen molar-refractivity contribution in [1.82, 2.24) is 4.90 Å². The van der Waals surface area contributed by atoms with Gasteiger partial charge in [0, 0.05) is 25.0 Å². The van der Waals surface area contributed by atoms with Crippen LogP contribution in [0.3, 0.4) is 0 Å². The first-order valence-electron chi connectivity index (χ1n) is 6.53. The number of carbonyl (C=O) groups excluding carboxylic acids is 2. The number of likely N-dealkylation sites (tertiary alicyclic amines) is 1. The number of ether oxygens (including phenoxy) is 2. The molecule has 19 heavy (non-hydrogen) atoms. The van der Waals surface area contributed by atoms with E-state index < -0.39 is 5.60 Å². The van der Waals surface area contributed by atoms with Crippen LogP contribution >= 0.6 is 0 Å². The van der Waals surface area contributed by atoms with Gasteiger partial charge in [0.15, 0.2) is 0 Å². The molecule has 1 amide bonds. The third-order valence-corrected chi connectivity index (χ3v) is 3.10. The standard InChI is InChI=1S/C13H24N2O4/c1-13(2,3)19-12(17)15-6-5-10(14)9(8-15)7-11(16)18-4/h9-10H,5-8,14H2,1-4H3/t9-,10+/m1/s1. The lowest BCUT2D eigenvalue weighted by molar-refractivity contribution is -0.142. The lowest BCUT2D eigenvalue weighted by Gasteiger charge is -2.37. The number of carbonyl (C=O) groups is 2. The first-order valence-corrected chi connectivity index (χ1v) is 6.53. The van der Waals surface area contributed by atoms with Crippen molar-refractivity contribution in [3.05, 3.63) is 0 Å². The summed E-state index contributed by atoms with van der Waals surface area (Å²) in [6, 6.07) is -0.0854. The van der Waals surface area contributed by atoms with E-state index in [4.69, 9.17) is 10.5 Å². The van der Waals surface area contributed by atoms with Crippen LogP contribution < -0.4 is 5.73 Å². The van der Waals surface area contributed by atoms with Crippen molar-refractivity contribution in [2.24, 2.45) is 11.7 Å².